The van der Waals surface area contributed by atoms with Gasteiger partial charge in [-0.05, 0) is 30.5 Å². The van der Waals surface area contributed by atoms with Crippen LogP contribution in [0.3, 0.4) is 0 Å². The fourth-order valence-corrected chi connectivity index (χ4v) is 2.43. The number of nitriles is 1. The van der Waals surface area contributed by atoms with Crippen molar-refractivity contribution >= 4 is 11.7 Å². The van der Waals surface area contributed by atoms with E-state index in [4.69, 9.17) is 11.0 Å². The Morgan fingerprint density at radius 2 is 2.32 bits per heavy atom. The van der Waals surface area contributed by atoms with E-state index in [0.717, 1.165) is 13.0 Å². The highest BCUT2D eigenvalue weighted by Crippen LogP contribution is 2.17. The second-order valence-electron chi connectivity index (χ2n) is 5.13. The first kappa shape index (κ1) is 13.4. The molecule has 1 aromatic carbocycles. The highest BCUT2D eigenvalue weighted by Gasteiger charge is 2.25. The molecule has 5 nitrogen and oxygen atoms in total. The number of piperidine rings is 1. The third kappa shape index (κ3) is 3.46. The van der Waals surface area contributed by atoms with E-state index in [1.54, 1.807) is 29.2 Å². The molecule has 19 heavy (non-hydrogen) atoms. The third-order valence-corrected chi connectivity index (χ3v) is 3.22. The molecule has 0 bridgehead atoms. The highest BCUT2D eigenvalue weighted by molar-refractivity contribution is 5.89. The molecule has 2 atom stereocenters. The fourth-order valence-electron chi connectivity index (χ4n) is 2.43. The van der Waals surface area contributed by atoms with Gasteiger partial charge in [-0.3, -0.25) is 0 Å². The van der Waals surface area contributed by atoms with Gasteiger partial charge < -0.3 is 16.0 Å². The van der Waals surface area contributed by atoms with Crippen LogP contribution >= 0.6 is 0 Å². The van der Waals surface area contributed by atoms with Crippen molar-refractivity contribution in [1.29, 1.82) is 5.26 Å². The molecule has 0 aliphatic carbocycles. The van der Waals surface area contributed by atoms with Crippen LogP contribution in [-0.2, 0) is 0 Å². The van der Waals surface area contributed by atoms with E-state index in [-0.39, 0.29) is 12.1 Å². The second-order valence-corrected chi connectivity index (χ2v) is 5.13. The van der Waals surface area contributed by atoms with Gasteiger partial charge in [0.2, 0.25) is 0 Å². The number of hydrogen-bond donors (Lipinski definition) is 2. The normalized spacial score (nSPS) is 22.7. The minimum atomic E-state index is -0.155. The molecule has 2 unspecified atom stereocenters. The summed E-state index contributed by atoms with van der Waals surface area (Å²) in [4.78, 5) is 13.9. The molecule has 5 heteroatoms. The van der Waals surface area contributed by atoms with Crippen LogP contribution in [0.15, 0.2) is 24.3 Å². The molecule has 1 fully saturated rings. The Bertz CT molecular complexity index is 498. The van der Waals surface area contributed by atoms with Gasteiger partial charge in [0, 0.05) is 24.8 Å². The molecular formula is C14H18N4O. The summed E-state index contributed by atoms with van der Waals surface area (Å²) in [5, 5.41) is 11.6. The number of benzene rings is 1. The van der Waals surface area contributed by atoms with Crippen LogP contribution in [0.5, 0.6) is 0 Å². The molecular weight excluding hydrogens is 240 g/mol. The van der Waals surface area contributed by atoms with Crippen LogP contribution in [-0.4, -0.2) is 30.1 Å². The maximum atomic E-state index is 12.1. The average molecular weight is 258 g/mol. The minimum absolute atomic E-state index is 0.0416. The summed E-state index contributed by atoms with van der Waals surface area (Å²) < 4.78 is 0. The number of nitrogens with one attached hydrogen (secondary N) is 1. The Kier molecular flexibility index (Phi) is 4.03. The topological polar surface area (TPSA) is 82.2 Å². The first-order chi connectivity index (χ1) is 9.08. The van der Waals surface area contributed by atoms with Crippen molar-refractivity contribution in [3.63, 3.8) is 0 Å². The number of likely N-dealkylation sites (tertiary alicyclic amines) is 1. The molecule has 0 spiro atoms. The summed E-state index contributed by atoms with van der Waals surface area (Å²) in [5.41, 5.74) is 7.09. The molecule has 1 aliphatic heterocycles. The van der Waals surface area contributed by atoms with Gasteiger partial charge in [0.05, 0.1) is 11.6 Å². The van der Waals surface area contributed by atoms with Gasteiger partial charge >= 0.3 is 6.03 Å². The van der Waals surface area contributed by atoms with Gasteiger partial charge in [-0.25, -0.2) is 4.79 Å². The van der Waals surface area contributed by atoms with Crippen molar-refractivity contribution < 1.29 is 4.79 Å². The molecule has 2 amide bonds. The van der Waals surface area contributed by atoms with E-state index < -0.39 is 0 Å². The van der Waals surface area contributed by atoms with Crippen LogP contribution < -0.4 is 11.1 Å². The van der Waals surface area contributed by atoms with Crippen molar-refractivity contribution in [2.75, 3.05) is 18.4 Å². The smallest absolute Gasteiger partial charge is 0.321 e. The van der Waals surface area contributed by atoms with Gasteiger partial charge in [0.25, 0.3) is 0 Å². The minimum Gasteiger partial charge on any atom is -0.326 e. The van der Waals surface area contributed by atoms with E-state index in [2.05, 4.69) is 12.2 Å². The number of carbonyl (C=O) groups is 1. The number of amides is 2. The van der Waals surface area contributed by atoms with E-state index in [9.17, 15) is 4.79 Å². The summed E-state index contributed by atoms with van der Waals surface area (Å²) in [5.74, 6) is 0.417. The Balaban J connectivity index is 2.02. The molecule has 1 saturated heterocycles. The molecule has 0 radical (unpaired) electrons. The SMILES string of the molecule is CC1CC(N)CN(C(=O)Nc2cccc(C#N)c2)C1. The Labute approximate surface area is 113 Å². The van der Waals surface area contributed by atoms with Crippen molar-refractivity contribution in [2.24, 2.45) is 11.7 Å². The van der Waals surface area contributed by atoms with Crippen LogP contribution in [0.25, 0.3) is 0 Å². The lowest BCUT2D eigenvalue weighted by Gasteiger charge is -2.34. The third-order valence-electron chi connectivity index (χ3n) is 3.22. The number of anilines is 1. The van der Waals surface area contributed by atoms with Gasteiger partial charge in [-0.15, -0.1) is 0 Å². The molecule has 0 saturated carbocycles. The van der Waals surface area contributed by atoms with E-state index in [0.29, 0.717) is 23.7 Å². The van der Waals surface area contributed by atoms with E-state index in [1.807, 2.05) is 6.07 Å². The van der Waals surface area contributed by atoms with Crippen molar-refractivity contribution in [2.45, 2.75) is 19.4 Å². The van der Waals surface area contributed by atoms with Gasteiger partial charge in [0.15, 0.2) is 0 Å². The lowest BCUT2D eigenvalue weighted by Crippen LogP contribution is -2.50. The zero-order chi connectivity index (χ0) is 13.8. The first-order valence-electron chi connectivity index (χ1n) is 6.40. The zero-order valence-electron chi connectivity index (χ0n) is 11.0. The van der Waals surface area contributed by atoms with Crippen LogP contribution in [0.1, 0.15) is 18.9 Å². The highest BCUT2D eigenvalue weighted by atomic mass is 16.2. The standard InChI is InChI=1S/C14H18N4O/c1-10-5-12(16)9-18(8-10)14(19)17-13-4-2-3-11(6-13)7-15/h2-4,6,10,12H,5,8-9,16H2,1H3,(H,17,19). The van der Waals surface area contributed by atoms with Crippen molar-refractivity contribution in [1.82, 2.24) is 4.90 Å². The number of nitrogens with two attached hydrogens (primary N) is 1. The molecule has 1 aliphatic rings. The van der Waals surface area contributed by atoms with Gasteiger partial charge in [0.1, 0.15) is 0 Å². The summed E-state index contributed by atoms with van der Waals surface area (Å²) in [6.07, 6.45) is 0.952. The van der Waals surface area contributed by atoms with Gasteiger partial charge in [-0.1, -0.05) is 13.0 Å². The summed E-state index contributed by atoms with van der Waals surface area (Å²) in [6.45, 7) is 3.39. The summed E-state index contributed by atoms with van der Waals surface area (Å²) in [7, 11) is 0. The maximum Gasteiger partial charge on any atom is 0.321 e. The lowest BCUT2D eigenvalue weighted by atomic mass is 9.97. The van der Waals surface area contributed by atoms with E-state index in [1.165, 1.54) is 0 Å². The average Bonchev–Trinajstić information content (AvgIpc) is 2.37. The Morgan fingerprint density at radius 3 is 3.00 bits per heavy atom. The molecule has 2 rings (SSSR count). The molecule has 1 heterocycles. The summed E-state index contributed by atoms with van der Waals surface area (Å²) >= 11 is 0. The Morgan fingerprint density at radius 1 is 1.53 bits per heavy atom. The zero-order valence-corrected chi connectivity index (χ0v) is 11.0. The number of carbonyl (C=O) groups excluding carboxylic acids is 1. The largest absolute Gasteiger partial charge is 0.326 e. The van der Waals surface area contributed by atoms with Crippen LogP contribution in [0.2, 0.25) is 0 Å². The molecule has 0 aromatic heterocycles. The fraction of sp³-hybridized carbons (Fsp3) is 0.429. The predicted molar refractivity (Wildman–Crippen MR) is 73.5 cm³/mol. The van der Waals surface area contributed by atoms with Gasteiger partial charge in [-0.2, -0.15) is 5.26 Å². The van der Waals surface area contributed by atoms with E-state index >= 15 is 0 Å². The van der Waals surface area contributed by atoms with Crippen molar-refractivity contribution in [3.05, 3.63) is 29.8 Å². The first-order valence-corrected chi connectivity index (χ1v) is 6.40. The number of nitrogens with zero attached hydrogens (tertiary/aromatic N) is 2. The number of urea groups is 1. The Hall–Kier alpha value is -2.06. The summed E-state index contributed by atoms with van der Waals surface area (Å²) in [6, 6.07) is 8.81. The van der Waals surface area contributed by atoms with Crippen molar-refractivity contribution in [3.8, 4) is 6.07 Å². The molecule has 3 N–H and O–H groups in total. The predicted octanol–water partition coefficient (Wildman–Crippen LogP) is 1.76. The lowest BCUT2D eigenvalue weighted by molar-refractivity contribution is 0.172. The maximum absolute atomic E-state index is 12.1. The second kappa shape index (κ2) is 5.72. The van der Waals surface area contributed by atoms with Crippen LogP contribution in [0, 0.1) is 17.2 Å². The molecule has 100 valence electrons. The number of rotatable bonds is 1. The van der Waals surface area contributed by atoms with Crippen LogP contribution in [0.4, 0.5) is 10.5 Å². The molecule has 1 aromatic rings. The number of hydrogen-bond acceptors (Lipinski definition) is 3. The quantitative estimate of drug-likeness (QED) is 0.805. The monoisotopic (exact) mass is 258 g/mol.